The molecule has 0 saturated heterocycles. The SMILES string of the molecule is CC(CN)CCCNC(=O)OC(C)C. The van der Waals surface area contributed by atoms with Gasteiger partial charge in [-0.1, -0.05) is 6.92 Å². The van der Waals surface area contributed by atoms with Gasteiger partial charge in [0.25, 0.3) is 0 Å². The van der Waals surface area contributed by atoms with Crippen molar-refractivity contribution in [1.82, 2.24) is 5.32 Å². The van der Waals surface area contributed by atoms with Crippen molar-refractivity contribution in [2.75, 3.05) is 13.1 Å². The molecule has 0 radical (unpaired) electrons. The Balaban J connectivity index is 3.31. The summed E-state index contributed by atoms with van der Waals surface area (Å²) in [6, 6.07) is 0. The molecule has 1 amide bonds. The highest BCUT2D eigenvalue weighted by Gasteiger charge is 2.04. The molecule has 0 rings (SSSR count). The van der Waals surface area contributed by atoms with Gasteiger partial charge in [-0.05, 0) is 39.2 Å². The lowest BCUT2D eigenvalue weighted by atomic mass is 10.1. The van der Waals surface area contributed by atoms with Gasteiger partial charge >= 0.3 is 6.09 Å². The van der Waals surface area contributed by atoms with Crippen LogP contribution in [0.25, 0.3) is 0 Å². The molecule has 4 heteroatoms. The second-order valence-corrected chi connectivity index (χ2v) is 3.86. The van der Waals surface area contributed by atoms with Crippen LogP contribution in [0.1, 0.15) is 33.6 Å². The highest BCUT2D eigenvalue weighted by Crippen LogP contribution is 2.01. The molecule has 0 aromatic heterocycles. The Morgan fingerprint density at radius 1 is 1.43 bits per heavy atom. The van der Waals surface area contributed by atoms with Crippen LogP contribution in [-0.2, 0) is 4.74 Å². The first-order valence-corrected chi connectivity index (χ1v) is 5.20. The van der Waals surface area contributed by atoms with Gasteiger partial charge in [0, 0.05) is 6.54 Å². The largest absolute Gasteiger partial charge is 0.447 e. The van der Waals surface area contributed by atoms with E-state index in [1.807, 2.05) is 13.8 Å². The Hall–Kier alpha value is -0.770. The van der Waals surface area contributed by atoms with Crippen molar-refractivity contribution in [3.05, 3.63) is 0 Å². The van der Waals surface area contributed by atoms with E-state index in [1.54, 1.807) is 0 Å². The molecule has 0 aliphatic carbocycles. The molecule has 0 spiro atoms. The summed E-state index contributed by atoms with van der Waals surface area (Å²) in [5.74, 6) is 0.526. The van der Waals surface area contributed by atoms with E-state index >= 15 is 0 Å². The summed E-state index contributed by atoms with van der Waals surface area (Å²) in [4.78, 5) is 11.0. The van der Waals surface area contributed by atoms with E-state index in [2.05, 4.69) is 12.2 Å². The summed E-state index contributed by atoms with van der Waals surface area (Å²) in [6.45, 7) is 7.13. The lowest BCUT2D eigenvalue weighted by Crippen LogP contribution is -2.28. The van der Waals surface area contributed by atoms with Gasteiger partial charge < -0.3 is 15.8 Å². The number of ether oxygens (including phenoxy) is 1. The summed E-state index contributed by atoms with van der Waals surface area (Å²) in [5, 5.41) is 2.69. The number of alkyl carbamates (subject to hydrolysis) is 1. The van der Waals surface area contributed by atoms with Crippen LogP contribution in [0.2, 0.25) is 0 Å². The molecule has 0 aliphatic heterocycles. The minimum absolute atomic E-state index is 0.0574. The van der Waals surface area contributed by atoms with Gasteiger partial charge in [0.2, 0.25) is 0 Å². The fourth-order valence-corrected chi connectivity index (χ4v) is 1.01. The van der Waals surface area contributed by atoms with Crippen LogP contribution in [0.4, 0.5) is 4.79 Å². The zero-order valence-corrected chi connectivity index (χ0v) is 9.38. The second-order valence-electron chi connectivity index (χ2n) is 3.86. The van der Waals surface area contributed by atoms with Crippen LogP contribution in [0.3, 0.4) is 0 Å². The summed E-state index contributed by atoms with van der Waals surface area (Å²) < 4.78 is 4.91. The molecule has 84 valence electrons. The maximum absolute atomic E-state index is 11.0. The summed E-state index contributed by atoms with van der Waals surface area (Å²) in [7, 11) is 0. The van der Waals surface area contributed by atoms with Gasteiger partial charge in [-0.25, -0.2) is 4.79 Å². The third-order valence-electron chi connectivity index (χ3n) is 1.89. The van der Waals surface area contributed by atoms with Crippen LogP contribution in [0, 0.1) is 5.92 Å². The van der Waals surface area contributed by atoms with Crippen LogP contribution in [0.5, 0.6) is 0 Å². The molecule has 0 fully saturated rings. The first-order chi connectivity index (χ1) is 6.56. The average molecular weight is 202 g/mol. The van der Waals surface area contributed by atoms with Crippen LogP contribution < -0.4 is 11.1 Å². The van der Waals surface area contributed by atoms with Crippen molar-refractivity contribution in [2.45, 2.75) is 39.7 Å². The first-order valence-electron chi connectivity index (χ1n) is 5.20. The minimum Gasteiger partial charge on any atom is -0.447 e. The number of rotatable bonds is 6. The van der Waals surface area contributed by atoms with Crippen molar-refractivity contribution in [2.24, 2.45) is 11.7 Å². The van der Waals surface area contributed by atoms with Crippen LogP contribution in [0.15, 0.2) is 0 Å². The Labute approximate surface area is 86.2 Å². The third-order valence-corrected chi connectivity index (χ3v) is 1.89. The minimum atomic E-state index is -0.333. The number of carbonyl (C=O) groups excluding carboxylic acids is 1. The molecule has 1 unspecified atom stereocenters. The zero-order chi connectivity index (χ0) is 11.0. The number of amides is 1. The molecule has 0 heterocycles. The number of hydrogen-bond donors (Lipinski definition) is 2. The van der Waals surface area contributed by atoms with Crippen molar-refractivity contribution in [3.63, 3.8) is 0 Å². The number of nitrogens with one attached hydrogen (secondary N) is 1. The Morgan fingerprint density at radius 2 is 2.07 bits per heavy atom. The molecule has 1 atom stereocenters. The first kappa shape index (κ1) is 13.2. The molecular weight excluding hydrogens is 180 g/mol. The fraction of sp³-hybridized carbons (Fsp3) is 0.900. The van der Waals surface area contributed by atoms with Gasteiger partial charge in [0.05, 0.1) is 6.10 Å². The van der Waals surface area contributed by atoms with E-state index < -0.39 is 0 Å². The average Bonchev–Trinajstić information content (AvgIpc) is 2.10. The van der Waals surface area contributed by atoms with Gasteiger partial charge in [-0.15, -0.1) is 0 Å². The molecule has 0 aromatic carbocycles. The topological polar surface area (TPSA) is 64.3 Å². The van der Waals surface area contributed by atoms with Crippen molar-refractivity contribution in [3.8, 4) is 0 Å². The maximum Gasteiger partial charge on any atom is 0.407 e. The standard InChI is InChI=1S/C10H22N2O2/c1-8(2)14-10(13)12-6-4-5-9(3)7-11/h8-9H,4-7,11H2,1-3H3,(H,12,13). The predicted octanol–water partition coefficient (Wildman–Crippen LogP) is 1.50. The molecule has 3 N–H and O–H groups in total. The number of hydrogen-bond acceptors (Lipinski definition) is 3. The quantitative estimate of drug-likeness (QED) is 0.641. The van der Waals surface area contributed by atoms with E-state index in [0.29, 0.717) is 19.0 Å². The van der Waals surface area contributed by atoms with Crippen molar-refractivity contribution >= 4 is 6.09 Å². The predicted molar refractivity (Wildman–Crippen MR) is 57.1 cm³/mol. The Morgan fingerprint density at radius 3 is 2.57 bits per heavy atom. The van der Waals surface area contributed by atoms with Crippen LogP contribution in [-0.4, -0.2) is 25.3 Å². The summed E-state index contributed by atoms with van der Waals surface area (Å²) in [6.07, 6.45) is 1.60. The van der Waals surface area contributed by atoms with Gasteiger partial charge in [0.15, 0.2) is 0 Å². The smallest absolute Gasteiger partial charge is 0.407 e. The van der Waals surface area contributed by atoms with Crippen molar-refractivity contribution < 1.29 is 9.53 Å². The fourth-order valence-electron chi connectivity index (χ4n) is 1.01. The van der Waals surface area contributed by atoms with Gasteiger partial charge in [0.1, 0.15) is 0 Å². The lowest BCUT2D eigenvalue weighted by molar-refractivity contribution is 0.115. The van der Waals surface area contributed by atoms with E-state index in [1.165, 1.54) is 0 Å². The number of nitrogens with two attached hydrogens (primary N) is 1. The van der Waals surface area contributed by atoms with E-state index in [0.717, 1.165) is 12.8 Å². The van der Waals surface area contributed by atoms with Crippen molar-refractivity contribution in [1.29, 1.82) is 0 Å². The van der Waals surface area contributed by atoms with Crippen LogP contribution >= 0.6 is 0 Å². The normalized spacial score (nSPS) is 12.6. The van der Waals surface area contributed by atoms with E-state index in [9.17, 15) is 4.79 Å². The number of carbonyl (C=O) groups is 1. The highest BCUT2D eigenvalue weighted by atomic mass is 16.6. The second kappa shape index (κ2) is 7.62. The third kappa shape index (κ3) is 7.86. The summed E-state index contributed by atoms with van der Waals surface area (Å²) in [5.41, 5.74) is 5.47. The molecule has 0 aliphatic rings. The molecule has 4 nitrogen and oxygen atoms in total. The maximum atomic E-state index is 11.0. The van der Waals surface area contributed by atoms with Gasteiger partial charge in [-0.2, -0.15) is 0 Å². The monoisotopic (exact) mass is 202 g/mol. The van der Waals surface area contributed by atoms with Gasteiger partial charge in [-0.3, -0.25) is 0 Å². The van der Waals surface area contributed by atoms with E-state index in [4.69, 9.17) is 10.5 Å². The summed E-state index contributed by atoms with van der Waals surface area (Å²) >= 11 is 0. The molecule has 0 aromatic rings. The lowest BCUT2D eigenvalue weighted by Gasteiger charge is -2.10. The molecule has 14 heavy (non-hydrogen) atoms. The Bertz CT molecular complexity index is 160. The molecular formula is C10H22N2O2. The highest BCUT2D eigenvalue weighted by molar-refractivity contribution is 5.67. The molecule has 0 saturated carbocycles. The zero-order valence-electron chi connectivity index (χ0n) is 9.38. The van der Waals surface area contributed by atoms with E-state index in [-0.39, 0.29) is 12.2 Å². The Kier molecular flexibility index (Phi) is 7.20. The molecule has 0 bridgehead atoms.